The number of methoxy groups -OCH3 is 1. The van der Waals surface area contributed by atoms with Gasteiger partial charge in [0.25, 0.3) is 5.91 Å². The number of aryl methyl sites for hydroxylation is 1. The van der Waals surface area contributed by atoms with Crippen LogP contribution in [-0.4, -0.2) is 46.7 Å². The van der Waals surface area contributed by atoms with Crippen molar-refractivity contribution in [2.24, 2.45) is 5.92 Å². The van der Waals surface area contributed by atoms with Gasteiger partial charge in [0.15, 0.2) is 0 Å². The molecule has 0 unspecified atom stereocenters. The van der Waals surface area contributed by atoms with E-state index in [1.165, 1.54) is 12.8 Å². The molecule has 30 heavy (non-hydrogen) atoms. The number of carbonyl (C=O) groups excluding carboxylic acids is 2. The maximum Gasteiger partial charge on any atom is 0.253 e. The molecular weight excluding hydrogens is 380 g/mol. The molecular formula is C23H30N4O3. The van der Waals surface area contributed by atoms with Crippen LogP contribution in [0.15, 0.2) is 30.5 Å². The van der Waals surface area contributed by atoms with Gasteiger partial charge in [-0.05, 0) is 56.9 Å². The van der Waals surface area contributed by atoms with Crippen LogP contribution in [0.5, 0.6) is 5.75 Å². The average molecular weight is 411 g/mol. The molecule has 0 bridgehead atoms. The minimum Gasteiger partial charge on any atom is -0.497 e. The quantitative estimate of drug-likeness (QED) is 0.813. The first-order valence-corrected chi connectivity index (χ1v) is 10.8. The Balaban J connectivity index is 1.34. The molecule has 1 aliphatic carbocycles. The number of aromatic nitrogens is 2. The molecule has 7 heteroatoms. The first kappa shape index (κ1) is 20.4. The van der Waals surface area contributed by atoms with Crippen molar-refractivity contribution in [3.63, 3.8) is 0 Å². The van der Waals surface area contributed by atoms with Gasteiger partial charge < -0.3 is 15.0 Å². The maximum absolute atomic E-state index is 12.9. The lowest BCUT2D eigenvalue weighted by Gasteiger charge is -2.31. The zero-order valence-corrected chi connectivity index (χ0v) is 17.8. The van der Waals surface area contributed by atoms with Crippen molar-refractivity contribution >= 4 is 17.6 Å². The lowest BCUT2D eigenvalue weighted by Crippen LogP contribution is -2.41. The molecule has 2 amide bonds. The van der Waals surface area contributed by atoms with E-state index in [4.69, 9.17) is 4.74 Å². The predicted molar refractivity (Wildman–Crippen MR) is 115 cm³/mol. The van der Waals surface area contributed by atoms with E-state index in [9.17, 15) is 9.59 Å². The van der Waals surface area contributed by atoms with Crippen molar-refractivity contribution in [1.82, 2.24) is 14.7 Å². The summed E-state index contributed by atoms with van der Waals surface area (Å²) in [5, 5.41) is 7.66. The third-order valence-corrected chi connectivity index (χ3v) is 6.38. The Hall–Kier alpha value is -2.83. The number of piperidine rings is 1. The molecule has 1 saturated carbocycles. The SMILES string of the molecule is COc1ccc(C(=O)N2CCC(C(=O)Nc3c(C)cnn3C3CCCC3)CC2)cc1. The first-order valence-electron chi connectivity index (χ1n) is 10.8. The van der Waals surface area contributed by atoms with Gasteiger partial charge in [0.2, 0.25) is 5.91 Å². The minimum atomic E-state index is -0.0868. The van der Waals surface area contributed by atoms with E-state index in [0.717, 1.165) is 30.0 Å². The van der Waals surface area contributed by atoms with Gasteiger partial charge in [-0.1, -0.05) is 12.8 Å². The van der Waals surface area contributed by atoms with E-state index < -0.39 is 0 Å². The molecule has 4 rings (SSSR count). The molecule has 0 spiro atoms. The predicted octanol–water partition coefficient (Wildman–Crippen LogP) is 3.81. The van der Waals surface area contributed by atoms with Gasteiger partial charge in [-0.15, -0.1) is 0 Å². The number of likely N-dealkylation sites (tertiary alicyclic amines) is 1. The highest BCUT2D eigenvalue weighted by atomic mass is 16.5. The molecule has 2 heterocycles. The number of nitrogens with one attached hydrogen (secondary N) is 1. The maximum atomic E-state index is 12.9. The van der Waals surface area contributed by atoms with Crippen LogP contribution < -0.4 is 10.1 Å². The van der Waals surface area contributed by atoms with Crippen LogP contribution in [0.1, 0.15) is 60.5 Å². The highest BCUT2D eigenvalue weighted by molar-refractivity contribution is 5.95. The van der Waals surface area contributed by atoms with Gasteiger partial charge in [-0.2, -0.15) is 5.10 Å². The number of amides is 2. The summed E-state index contributed by atoms with van der Waals surface area (Å²) in [5.41, 5.74) is 1.65. The molecule has 2 aromatic rings. The number of rotatable bonds is 5. The molecule has 1 saturated heterocycles. The Labute approximate surface area is 177 Å². The topological polar surface area (TPSA) is 76.5 Å². The van der Waals surface area contributed by atoms with Crippen LogP contribution in [0.2, 0.25) is 0 Å². The second-order valence-electron chi connectivity index (χ2n) is 8.34. The van der Waals surface area contributed by atoms with Gasteiger partial charge in [-0.25, -0.2) is 4.68 Å². The van der Waals surface area contributed by atoms with Crippen molar-refractivity contribution in [2.45, 2.75) is 51.5 Å². The number of benzene rings is 1. The van der Waals surface area contributed by atoms with Crippen molar-refractivity contribution in [3.05, 3.63) is 41.6 Å². The number of hydrogen-bond acceptors (Lipinski definition) is 4. The lowest BCUT2D eigenvalue weighted by molar-refractivity contribution is -0.121. The fourth-order valence-electron chi connectivity index (χ4n) is 4.51. The Morgan fingerprint density at radius 1 is 1.07 bits per heavy atom. The van der Waals surface area contributed by atoms with Crippen LogP contribution in [-0.2, 0) is 4.79 Å². The normalized spacial score (nSPS) is 17.9. The smallest absolute Gasteiger partial charge is 0.253 e. The minimum absolute atomic E-state index is 0.00617. The summed E-state index contributed by atoms with van der Waals surface area (Å²) in [4.78, 5) is 27.5. The molecule has 160 valence electrons. The fourth-order valence-corrected chi connectivity index (χ4v) is 4.51. The van der Waals surface area contributed by atoms with Gasteiger partial charge in [0.05, 0.1) is 19.3 Å². The van der Waals surface area contributed by atoms with Crippen LogP contribution in [0.4, 0.5) is 5.82 Å². The molecule has 1 aromatic heterocycles. The Morgan fingerprint density at radius 3 is 2.37 bits per heavy atom. The number of anilines is 1. The van der Waals surface area contributed by atoms with Crippen molar-refractivity contribution in [1.29, 1.82) is 0 Å². The molecule has 2 aliphatic rings. The Kier molecular flexibility index (Phi) is 6.06. The third-order valence-electron chi connectivity index (χ3n) is 6.38. The van der Waals surface area contributed by atoms with Gasteiger partial charge in [0.1, 0.15) is 11.6 Å². The molecule has 1 aromatic carbocycles. The monoisotopic (exact) mass is 410 g/mol. The Morgan fingerprint density at radius 2 is 1.73 bits per heavy atom. The van der Waals surface area contributed by atoms with E-state index in [1.54, 1.807) is 31.4 Å². The van der Waals surface area contributed by atoms with E-state index in [1.807, 2.05) is 22.7 Å². The zero-order chi connectivity index (χ0) is 21.1. The van der Waals surface area contributed by atoms with Crippen LogP contribution in [0, 0.1) is 12.8 Å². The van der Waals surface area contributed by atoms with Crippen molar-refractivity contribution < 1.29 is 14.3 Å². The average Bonchev–Trinajstić information content (AvgIpc) is 3.44. The van der Waals surface area contributed by atoms with Crippen LogP contribution in [0.3, 0.4) is 0 Å². The van der Waals surface area contributed by atoms with E-state index in [0.29, 0.717) is 37.5 Å². The largest absolute Gasteiger partial charge is 0.497 e. The third kappa shape index (κ3) is 4.20. The fraction of sp³-hybridized carbons (Fsp3) is 0.522. The summed E-state index contributed by atoms with van der Waals surface area (Å²) in [5.74, 6) is 1.52. The van der Waals surface area contributed by atoms with Crippen molar-refractivity contribution in [2.75, 3.05) is 25.5 Å². The molecule has 0 radical (unpaired) electrons. The number of carbonyl (C=O) groups is 2. The molecule has 1 N–H and O–H groups in total. The second kappa shape index (κ2) is 8.90. The van der Waals surface area contributed by atoms with Gasteiger partial charge in [0, 0.05) is 30.1 Å². The molecule has 1 aliphatic heterocycles. The second-order valence-corrected chi connectivity index (χ2v) is 8.34. The zero-order valence-electron chi connectivity index (χ0n) is 17.8. The summed E-state index contributed by atoms with van der Waals surface area (Å²) >= 11 is 0. The lowest BCUT2D eigenvalue weighted by atomic mass is 9.95. The van der Waals surface area contributed by atoms with Crippen LogP contribution in [0.25, 0.3) is 0 Å². The summed E-state index contributed by atoms with van der Waals surface area (Å²) in [6.07, 6.45) is 7.86. The summed E-state index contributed by atoms with van der Waals surface area (Å²) in [6, 6.07) is 7.55. The molecule has 2 fully saturated rings. The molecule has 0 atom stereocenters. The first-order chi connectivity index (χ1) is 14.6. The van der Waals surface area contributed by atoms with E-state index >= 15 is 0 Å². The highest BCUT2D eigenvalue weighted by Gasteiger charge is 2.29. The highest BCUT2D eigenvalue weighted by Crippen LogP contribution is 2.33. The van der Waals surface area contributed by atoms with E-state index in [-0.39, 0.29) is 17.7 Å². The Bertz CT molecular complexity index is 892. The number of nitrogens with zero attached hydrogens (tertiary/aromatic N) is 3. The summed E-state index contributed by atoms with van der Waals surface area (Å²) < 4.78 is 7.15. The molecule has 7 nitrogen and oxygen atoms in total. The summed E-state index contributed by atoms with van der Waals surface area (Å²) in [7, 11) is 1.61. The van der Waals surface area contributed by atoms with E-state index in [2.05, 4.69) is 10.4 Å². The standard InChI is InChI=1S/C23H30N4O3/c1-16-15-24-27(19-5-3-4-6-19)21(16)25-22(28)17-11-13-26(14-12-17)23(29)18-7-9-20(30-2)10-8-18/h7-10,15,17,19H,3-6,11-14H2,1-2H3,(H,25,28). The van der Waals surface area contributed by atoms with Crippen LogP contribution >= 0.6 is 0 Å². The van der Waals surface area contributed by atoms with Crippen molar-refractivity contribution in [3.8, 4) is 5.75 Å². The van der Waals surface area contributed by atoms with Gasteiger partial charge >= 0.3 is 0 Å². The van der Waals surface area contributed by atoms with Gasteiger partial charge in [-0.3, -0.25) is 9.59 Å². The number of ether oxygens (including phenoxy) is 1. The summed E-state index contributed by atoms with van der Waals surface area (Å²) in [6.45, 7) is 3.16. The number of hydrogen-bond donors (Lipinski definition) is 1.